The van der Waals surface area contributed by atoms with Crippen molar-refractivity contribution in [1.82, 2.24) is 9.80 Å². The third-order valence-corrected chi connectivity index (χ3v) is 5.56. The number of nitrogens with one attached hydrogen (secondary N) is 1. The predicted octanol–water partition coefficient (Wildman–Crippen LogP) is 2.97. The van der Waals surface area contributed by atoms with Gasteiger partial charge in [0, 0.05) is 36.3 Å². The molecule has 29 heavy (non-hydrogen) atoms. The molecule has 2 aromatic carbocycles. The van der Waals surface area contributed by atoms with Crippen molar-refractivity contribution >= 4 is 39.0 Å². The molecule has 0 unspecified atom stereocenters. The molecule has 1 fully saturated rings. The molecule has 7 heteroatoms. The van der Waals surface area contributed by atoms with Gasteiger partial charge in [-0.2, -0.15) is 0 Å². The zero-order chi connectivity index (χ0) is 20.2. The van der Waals surface area contributed by atoms with Crippen molar-refractivity contribution in [2.45, 2.75) is 0 Å². The van der Waals surface area contributed by atoms with Gasteiger partial charge in [0.2, 0.25) is 0 Å². The van der Waals surface area contributed by atoms with Gasteiger partial charge in [-0.25, -0.2) is 0 Å². The van der Waals surface area contributed by atoms with E-state index in [2.05, 4.69) is 26.1 Å². The van der Waals surface area contributed by atoms with Crippen LogP contribution >= 0.6 is 15.9 Å². The Morgan fingerprint density at radius 1 is 0.931 bits per heavy atom. The minimum Gasteiger partial charge on any atom is -0.379 e. The summed E-state index contributed by atoms with van der Waals surface area (Å²) < 4.78 is 6.26. The van der Waals surface area contributed by atoms with Crippen molar-refractivity contribution in [1.29, 1.82) is 0 Å². The molecule has 1 saturated heterocycles. The summed E-state index contributed by atoms with van der Waals surface area (Å²) in [4.78, 5) is 30.0. The van der Waals surface area contributed by atoms with Gasteiger partial charge in [0.15, 0.2) is 0 Å². The van der Waals surface area contributed by atoms with E-state index in [1.807, 2.05) is 54.6 Å². The molecule has 2 aromatic rings. The number of amides is 2. The van der Waals surface area contributed by atoms with E-state index in [0.29, 0.717) is 37.6 Å². The molecule has 0 bridgehead atoms. The Labute approximate surface area is 178 Å². The number of imide groups is 1. The van der Waals surface area contributed by atoms with E-state index in [9.17, 15) is 9.59 Å². The second-order valence-electron chi connectivity index (χ2n) is 6.97. The van der Waals surface area contributed by atoms with Gasteiger partial charge in [0.05, 0.1) is 18.8 Å². The Bertz CT molecular complexity index is 939. The second-order valence-corrected chi connectivity index (χ2v) is 7.88. The Hall–Kier alpha value is -2.48. The molecule has 0 aromatic heterocycles. The van der Waals surface area contributed by atoms with E-state index < -0.39 is 0 Å². The number of carbonyl (C=O) groups is 2. The number of benzene rings is 2. The van der Waals surface area contributed by atoms with E-state index >= 15 is 0 Å². The lowest BCUT2D eigenvalue weighted by Gasteiger charge is -2.28. The van der Waals surface area contributed by atoms with Crippen LogP contribution in [-0.4, -0.2) is 61.0 Å². The molecule has 0 aliphatic carbocycles. The SMILES string of the molecule is O=C1C(Nc2cccc(Br)c2)=C(c2ccccc2)C(=O)N1CCN1CCOCC1. The summed E-state index contributed by atoms with van der Waals surface area (Å²) in [6.45, 7) is 4.01. The standard InChI is InChI=1S/C22H22BrN3O3/c23-17-7-4-8-18(15-17)24-20-19(16-5-2-1-3-6-16)21(27)26(22(20)28)10-9-25-11-13-29-14-12-25/h1-8,15,24H,9-14H2. The Balaban J connectivity index is 1.61. The molecular weight excluding hydrogens is 434 g/mol. The minimum atomic E-state index is -0.290. The third kappa shape index (κ3) is 4.42. The topological polar surface area (TPSA) is 61.9 Å². The van der Waals surface area contributed by atoms with Crippen LogP contribution in [0.3, 0.4) is 0 Å². The fourth-order valence-corrected chi connectivity index (χ4v) is 3.94. The fraction of sp³-hybridized carbons (Fsp3) is 0.273. The highest BCUT2D eigenvalue weighted by Crippen LogP contribution is 2.30. The van der Waals surface area contributed by atoms with Crippen molar-refractivity contribution in [2.75, 3.05) is 44.7 Å². The normalized spacial score (nSPS) is 17.9. The van der Waals surface area contributed by atoms with Crippen LogP contribution in [0.15, 0.2) is 64.8 Å². The van der Waals surface area contributed by atoms with Crippen LogP contribution in [0.2, 0.25) is 0 Å². The summed E-state index contributed by atoms with van der Waals surface area (Å²) in [6.07, 6.45) is 0. The summed E-state index contributed by atoms with van der Waals surface area (Å²) in [5.74, 6) is -0.547. The number of morpholine rings is 1. The van der Waals surface area contributed by atoms with Gasteiger partial charge in [-0.15, -0.1) is 0 Å². The molecule has 0 saturated carbocycles. The summed E-state index contributed by atoms with van der Waals surface area (Å²) in [5, 5.41) is 3.18. The average molecular weight is 456 g/mol. The largest absolute Gasteiger partial charge is 0.379 e. The number of hydrogen-bond acceptors (Lipinski definition) is 5. The lowest BCUT2D eigenvalue weighted by molar-refractivity contribution is -0.137. The smallest absolute Gasteiger partial charge is 0.278 e. The third-order valence-electron chi connectivity index (χ3n) is 5.07. The molecule has 2 heterocycles. The average Bonchev–Trinajstić information content (AvgIpc) is 2.97. The fourth-order valence-electron chi connectivity index (χ4n) is 3.54. The van der Waals surface area contributed by atoms with Crippen molar-refractivity contribution in [3.05, 3.63) is 70.3 Å². The Kier molecular flexibility index (Phi) is 6.08. The lowest BCUT2D eigenvalue weighted by Crippen LogP contribution is -2.43. The highest BCUT2D eigenvalue weighted by atomic mass is 79.9. The molecule has 2 amide bonds. The molecule has 1 N–H and O–H groups in total. The summed E-state index contributed by atoms with van der Waals surface area (Å²) in [6, 6.07) is 16.9. The van der Waals surface area contributed by atoms with Crippen LogP contribution < -0.4 is 5.32 Å². The van der Waals surface area contributed by atoms with Crippen molar-refractivity contribution in [3.8, 4) is 0 Å². The maximum absolute atomic E-state index is 13.2. The maximum atomic E-state index is 13.2. The zero-order valence-corrected chi connectivity index (χ0v) is 17.5. The summed E-state index contributed by atoms with van der Waals surface area (Å²) in [5.41, 5.74) is 2.22. The number of anilines is 1. The number of ether oxygens (including phenoxy) is 1. The molecule has 0 radical (unpaired) electrons. The molecule has 0 spiro atoms. The van der Waals surface area contributed by atoms with Crippen LogP contribution in [0.5, 0.6) is 0 Å². The van der Waals surface area contributed by atoms with E-state index in [-0.39, 0.29) is 11.8 Å². The molecule has 0 atom stereocenters. The second kappa shape index (κ2) is 8.90. The van der Waals surface area contributed by atoms with Crippen molar-refractivity contribution in [2.24, 2.45) is 0 Å². The molecule has 4 rings (SSSR count). The molecule has 6 nitrogen and oxygen atoms in total. The van der Waals surface area contributed by atoms with E-state index in [1.54, 1.807) is 0 Å². The molecular formula is C22H22BrN3O3. The van der Waals surface area contributed by atoms with Gasteiger partial charge in [0.1, 0.15) is 5.70 Å². The van der Waals surface area contributed by atoms with E-state index in [4.69, 9.17) is 4.74 Å². The summed E-state index contributed by atoms with van der Waals surface area (Å²) >= 11 is 3.45. The molecule has 150 valence electrons. The minimum absolute atomic E-state index is 0.257. The molecule has 2 aliphatic heterocycles. The van der Waals surface area contributed by atoms with Crippen molar-refractivity contribution in [3.63, 3.8) is 0 Å². The first kappa shape index (κ1) is 19.8. The van der Waals surface area contributed by atoms with E-state index in [1.165, 1.54) is 4.90 Å². The first-order chi connectivity index (χ1) is 14.1. The quantitative estimate of drug-likeness (QED) is 0.678. The first-order valence-electron chi connectivity index (χ1n) is 9.62. The Morgan fingerprint density at radius 3 is 2.41 bits per heavy atom. The monoisotopic (exact) mass is 455 g/mol. The number of carbonyl (C=O) groups excluding carboxylic acids is 2. The van der Waals surface area contributed by atoms with Gasteiger partial charge in [0.25, 0.3) is 11.8 Å². The van der Waals surface area contributed by atoms with Gasteiger partial charge < -0.3 is 10.1 Å². The number of halogens is 1. The van der Waals surface area contributed by atoms with Gasteiger partial charge in [-0.3, -0.25) is 19.4 Å². The highest BCUT2D eigenvalue weighted by Gasteiger charge is 2.39. The maximum Gasteiger partial charge on any atom is 0.278 e. The first-order valence-corrected chi connectivity index (χ1v) is 10.4. The number of nitrogens with zero attached hydrogens (tertiary/aromatic N) is 2. The van der Waals surface area contributed by atoms with Gasteiger partial charge in [-0.05, 0) is 23.8 Å². The van der Waals surface area contributed by atoms with Crippen molar-refractivity contribution < 1.29 is 14.3 Å². The van der Waals surface area contributed by atoms with Gasteiger partial charge >= 0.3 is 0 Å². The highest BCUT2D eigenvalue weighted by molar-refractivity contribution is 9.10. The van der Waals surface area contributed by atoms with Crippen LogP contribution in [0.4, 0.5) is 5.69 Å². The molecule has 2 aliphatic rings. The number of hydrogen-bond donors (Lipinski definition) is 1. The Morgan fingerprint density at radius 2 is 1.69 bits per heavy atom. The zero-order valence-electron chi connectivity index (χ0n) is 15.9. The lowest BCUT2D eigenvalue weighted by atomic mass is 10.0. The summed E-state index contributed by atoms with van der Waals surface area (Å²) in [7, 11) is 0. The van der Waals surface area contributed by atoms with Crippen LogP contribution in [0, 0.1) is 0 Å². The van der Waals surface area contributed by atoms with E-state index in [0.717, 1.165) is 28.8 Å². The van der Waals surface area contributed by atoms with Crippen LogP contribution in [0.1, 0.15) is 5.56 Å². The van der Waals surface area contributed by atoms with Crippen LogP contribution in [0.25, 0.3) is 5.57 Å². The van der Waals surface area contributed by atoms with Gasteiger partial charge in [-0.1, -0.05) is 52.3 Å². The predicted molar refractivity (Wildman–Crippen MR) is 115 cm³/mol. The number of rotatable bonds is 6. The van der Waals surface area contributed by atoms with Crippen LogP contribution in [-0.2, 0) is 14.3 Å².